The van der Waals surface area contributed by atoms with E-state index in [1.165, 1.54) is 0 Å². The Morgan fingerprint density at radius 1 is 1.38 bits per heavy atom. The predicted molar refractivity (Wildman–Crippen MR) is 93.3 cm³/mol. The van der Waals surface area contributed by atoms with Gasteiger partial charge in [0.05, 0.1) is 24.6 Å². The number of alkyl halides is 1. The van der Waals surface area contributed by atoms with Crippen molar-refractivity contribution in [2.45, 2.75) is 17.9 Å². The van der Waals surface area contributed by atoms with Gasteiger partial charge in [0, 0.05) is 16.9 Å². The number of benzene rings is 1. The van der Waals surface area contributed by atoms with Gasteiger partial charge in [0.15, 0.2) is 5.78 Å². The Morgan fingerprint density at radius 3 is 2.71 bits per heavy atom. The molecule has 0 spiro atoms. The summed E-state index contributed by atoms with van der Waals surface area (Å²) < 4.78 is 10.5. The molecule has 2 aliphatic rings. The van der Waals surface area contributed by atoms with Crippen molar-refractivity contribution in [2.75, 3.05) is 18.7 Å². The monoisotopic (exact) mass is 367 g/mol. The predicted octanol–water partition coefficient (Wildman–Crippen LogP) is 1.92. The van der Waals surface area contributed by atoms with Crippen LogP contribution in [0.5, 0.6) is 5.75 Å². The smallest absolute Gasteiger partial charge is 0.335 e. The fourth-order valence-electron chi connectivity index (χ4n) is 2.95. The average molecular weight is 368 g/mol. The van der Waals surface area contributed by atoms with Gasteiger partial charge in [-0.05, 0) is 23.3 Å². The van der Waals surface area contributed by atoms with Crippen molar-refractivity contribution in [1.29, 1.82) is 0 Å². The van der Waals surface area contributed by atoms with Crippen molar-refractivity contribution >= 4 is 35.1 Å². The molecule has 2 unspecified atom stereocenters. The normalized spacial score (nSPS) is 25.8. The maximum atomic E-state index is 12.5. The molecule has 1 aliphatic carbocycles. The molecule has 1 saturated carbocycles. The molecule has 1 heterocycles. The molecule has 1 aliphatic heterocycles. The molecule has 24 heavy (non-hydrogen) atoms. The minimum Gasteiger partial charge on any atom is -0.497 e. The third-order valence-corrected chi connectivity index (χ3v) is 6.16. The summed E-state index contributed by atoms with van der Waals surface area (Å²) in [5, 5.41) is -0.0481. The molecule has 1 fully saturated rings. The van der Waals surface area contributed by atoms with Crippen molar-refractivity contribution in [3.05, 3.63) is 41.0 Å². The van der Waals surface area contributed by atoms with Crippen LogP contribution in [-0.2, 0) is 20.9 Å². The number of Topliss-reactive ketones (excluding diaryl/α,β-unsaturated/α-hetero) is 1. The van der Waals surface area contributed by atoms with Gasteiger partial charge in [-0.3, -0.25) is 4.79 Å². The Morgan fingerprint density at radius 2 is 2.08 bits per heavy atom. The van der Waals surface area contributed by atoms with Crippen LogP contribution in [0, 0.1) is 5.92 Å². The molecule has 128 valence electrons. The third-order valence-electron chi connectivity index (χ3n) is 4.37. The Balaban J connectivity index is 1.72. The van der Waals surface area contributed by atoms with Gasteiger partial charge in [-0.2, -0.15) is 11.8 Å². The Kier molecular flexibility index (Phi) is 5.18. The summed E-state index contributed by atoms with van der Waals surface area (Å²) in [4.78, 5) is 24.6. The molecule has 7 heteroatoms. The van der Waals surface area contributed by atoms with Crippen LogP contribution >= 0.6 is 23.4 Å². The number of hydrogen-bond acceptors (Lipinski definition) is 6. The van der Waals surface area contributed by atoms with Crippen molar-refractivity contribution in [2.24, 2.45) is 11.7 Å². The van der Waals surface area contributed by atoms with E-state index < -0.39 is 17.9 Å². The highest BCUT2D eigenvalue weighted by Crippen LogP contribution is 2.45. The standard InChI is InChI=1S/C17H18ClNO4S/c1-22-11-4-2-9(3-5-11)7-23-17(21)12-10(6-18)8-24-16-13(12)15(20)14(16)19/h2-5,13-14,16H,6-8,19H2,1H3/t13?,14-,16?/m1/s1. The first-order chi connectivity index (χ1) is 11.6. The topological polar surface area (TPSA) is 78.6 Å². The van der Waals surface area contributed by atoms with E-state index in [1.54, 1.807) is 31.0 Å². The molecule has 1 aromatic rings. The summed E-state index contributed by atoms with van der Waals surface area (Å²) in [5.41, 5.74) is 7.85. The lowest BCUT2D eigenvalue weighted by Gasteiger charge is -2.44. The average Bonchev–Trinajstić information content (AvgIpc) is 2.64. The van der Waals surface area contributed by atoms with Crippen LogP contribution in [0.2, 0.25) is 0 Å². The zero-order valence-electron chi connectivity index (χ0n) is 13.2. The fraction of sp³-hybridized carbons (Fsp3) is 0.412. The lowest BCUT2D eigenvalue weighted by Crippen LogP contribution is -2.62. The van der Waals surface area contributed by atoms with Gasteiger partial charge in [-0.25, -0.2) is 4.79 Å². The van der Waals surface area contributed by atoms with E-state index in [0.29, 0.717) is 11.3 Å². The van der Waals surface area contributed by atoms with E-state index in [0.717, 1.165) is 16.9 Å². The second-order valence-electron chi connectivity index (χ2n) is 5.76. The van der Waals surface area contributed by atoms with Crippen molar-refractivity contribution < 1.29 is 19.1 Å². The zero-order chi connectivity index (χ0) is 17.3. The van der Waals surface area contributed by atoms with E-state index in [-0.39, 0.29) is 23.5 Å². The second-order valence-corrected chi connectivity index (χ2v) is 7.19. The SMILES string of the molecule is COc1ccc(COC(=O)C2=C(CCl)CSC3C2C(=O)[C@H]3N)cc1. The number of methoxy groups -OCH3 is 1. The van der Waals surface area contributed by atoms with E-state index in [9.17, 15) is 9.59 Å². The molecule has 0 aromatic heterocycles. The molecule has 0 saturated heterocycles. The van der Waals surface area contributed by atoms with Crippen LogP contribution in [0.25, 0.3) is 0 Å². The molecule has 0 radical (unpaired) electrons. The number of thioether (sulfide) groups is 1. The largest absolute Gasteiger partial charge is 0.497 e. The van der Waals surface area contributed by atoms with Crippen LogP contribution in [0.15, 0.2) is 35.4 Å². The number of ketones is 1. The summed E-state index contributed by atoms with van der Waals surface area (Å²) >= 11 is 7.54. The van der Waals surface area contributed by atoms with Gasteiger partial charge in [0.1, 0.15) is 12.4 Å². The molecule has 3 rings (SSSR count). The van der Waals surface area contributed by atoms with Crippen LogP contribution in [0.3, 0.4) is 0 Å². The summed E-state index contributed by atoms with van der Waals surface area (Å²) in [6.45, 7) is 0.132. The second kappa shape index (κ2) is 7.17. The Hall–Kier alpha value is -1.50. The molecular weight excluding hydrogens is 350 g/mol. The number of fused-ring (bicyclic) bond motifs is 1. The van der Waals surface area contributed by atoms with Gasteiger partial charge in [-0.1, -0.05) is 12.1 Å². The van der Waals surface area contributed by atoms with Crippen molar-refractivity contribution in [3.63, 3.8) is 0 Å². The first-order valence-electron chi connectivity index (χ1n) is 7.55. The summed E-state index contributed by atoms with van der Waals surface area (Å²) in [5.74, 6) is 0.502. The molecule has 2 N–H and O–H groups in total. The van der Waals surface area contributed by atoms with Gasteiger partial charge in [0.25, 0.3) is 0 Å². The van der Waals surface area contributed by atoms with E-state index >= 15 is 0 Å². The Labute approximate surface area is 149 Å². The van der Waals surface area contributed by atoms with Crippen molar-refractivity contribution in [3.8, 4) is 5.75 Å². The van der Waals surface area contributed by atoms with Gasteiger partial charge in [0.2, 0.25) is 0 Å². The zero-order valence-corrected chi connectivity index (χ0v) is 14.7. The molecule has 0 amide bonds. The van der Waals surface area contributed by atoms with Crippen LogP contribution in [0.1, 0.15) is 5.56 Å². The molecule has 1 aromatic carbocycles. The molecule has 3 atom stereocenters. The summed E-state index contributed by atoms with van der Waals surface area (Å²) in [6, 6.07) is 6.75. The van der Waals surface area contributed by atoms with Gasteiger partial charge < -0.3 is 15.2 Å². The number of esters is 1. The van der Waals surface area contributed by atoms with E-state index in [2.05, 4.69) is 0 Å². The Bertz CT molecular complexity index is 688. The molecule has 5 nitrogen and oxygen atoms in total. The quantitative estimate of drug-likeness (QED) is 0.632. The highest BCUT2D eigenvalue weighted by Gasteiger charge is 2.54. The summed E-state index contributed by atoms with van der Waals surface area (Å²) in [6.07, 6.45) is 0. The van der Waals surface area contributed by atoms with Crippen LogP contribution in [-0.4, -0.2) is 41.8 Å². The fourth-order valence-corrected chi connectivity index (χ4v) is 4.76. The van der Waals surface area contributed by atoms with Gasteiger partial charge >= 0.3 is 5.97 Å². The van der Waals surface area contributed by atoms with Crippen molar-refractivity contribution in [1.82, 2.24) is 0 Å². The van der Waals surface area contributed by atoms with Gasteiger partial charge in [-0.15, -0.1) is 11.6 Å². The van der Waals surface area contributed by atoms with Crippen LogP contribution < -0.4 is 10.5 Å². The number of rotatable bonds is 5. The molecule has 0 bridgehead atoms. The first kappa shape index (κ1) is 17.3. The lowest BCUT2D eigenvalue weighted by molar-refractivity contribution is -0.143. The number of carbonyl (C=O) groups excluding carboxylic acids is 2. The van der Waals surface area contributed by atoms with E-state index in [1.807, 2.05) is 12.1 Å². The number of hydrogen-bond donors (Lipinski definition) is 1. The van der Waals surface area contributed by atoms with E-state index in [4.69, 9.17) is 26.8 Å². The molecular formula is C17H18ClNO4S. The maximum absolute atomic E-state index is 12.5. The maximum Gasteiger partial charge on any atom is 0.335 e. The first-order valence-corrected chi connectivity index (χ1v) is 9.14. The van der Waals surface area contributed by atoms with Crippen LogP contribution in [0.4, 0.5) is 0 Å². The number of nitrogens with two attached hydrogens (primary N) is 1. The summed E-state index contributed by atoms with van der Waals surface area (Å²) in [7, 11) is 1.59. The number of ether oxygens (including phenoxy) is 2. The lowest BCUT2D eigenvalue weighted by atomic mass is 9.72. The minimum absolute atomic E-state index is 0.0481. The number of halogens is 1. The minimum atomic E-state index is -0.499. The third kappa shape index (κ3) is 3.06. The highest BCUT2D eigenvalue weighted by atomic mass is 35.5. The number of carbonyl (C=O) groups is 2. The highest BCUT2D eigenvalue weighted by molar-refractivity contribution is 8.00.